The van der Waals surface area contributed by atoms with E-state index in [1.165, 1.54) is 31.0 Å². The summed E-state index contributed by atoms with van der Waals surface area (Å²) in [6.07, 6.45) is 2.05. The van der Waals surface area contributed by atoms with Crippen LogP contribution in [-0.4, -0.2) is 18.8 Å². The van der Waals surface area contributed by atoms with Gasteiger partial charge in [0.15, 0.2) is 0 Å². The summed E-state index contributed by atoms with van der Waals surface area (Å²) >= 11 is 1.38. The average molecular weight is 257 g/mol. The highest BCUT2D eigenvalue weighted by Gasteiger charge is 2.14. The van der Waals surface area contributed by atoms with Crippen molar-refractivity contribution in [2.24, 2.45) is 0 Å². The molecule has 0 amide bonds. The third-order valence-corrected chi connectivity index (χ3v) is 3.38. The first-order chi connectivity index (χ1) is 8.10. The number of anilines is 1. The van der Waals surface area contributed by atoms with E-state index in [9.17, 15) is 9.18 Å². The number of rotatable bonds is 5. The van der Waals surface area contributed by atoms with Crippen LogP contribution in [-0.2, 0) is 4.74 Å². The van der Waals surface area contributed by atoms with Crippen molar-refractivity contribution in [1.29, 1.82) is 0 Å². The molecule has 0 aliphatic rings. The fourth-order valence-corrected chi connectivity index (χ4v) is 2.34. The molecule has 0 aliphatic heterocycles. The van der Waals surface area contributed by atoms with Crippen LogP contribution in [0, 0.1) is 5.82 Å². The number of methoxy groups -OCH3 is 1. The molecule has 94 valence electrons. The van der Waals surface area contributed by atoms with Crippen molar-refractivity contribution in [1.82, 2.24) is 0 Å². The second-order valence-corrected chi connectivity index (χ2v) is 4.70. The molecule has 17 heavy (non-hydrogen) atoms. The maximum absolute atomic E-state index is 13.6. The third kappa shape index (κ3) is 3.63. The van der Waals surface area contributed by atoms with E-state index in [0.29, 0.717) is 4.90 Å². The number of esters is 1. The second kappa shape index (κ2) is 6.49. The second-order valence-electron chi connectivity index (χ2n) is 3.56. The lowest BCUT2D eigenvalue weighted by Crippen LogP contribution is -2.06. The first kappa shape index (κ1) is 13.8. The van der Waals surface area contributed by atoms with Gasteiger partial charge in [-0.05, 0) is 24.3 Å². The molecule has 0 unspecified atom stereocenters. The number of nitrogens with two attached hydrogens (primary N) is 1. The van der Waals surface area contributed by atoms with E-state index in [2.05, 4.69) is 11.7 Å². The lowest BCUT2D eigenvalue weighted by molar-refractivity contribution is 0.0601. The van der Waals surface area contributed by atoms with E-state index in [1.807, 2.05) is 0 Å². The minimum absolute atomic E-state index is 0.106. The number of carbonyl (C=O) groups excluding carboxylic acids is 1. The highest BCUT2D eigenvalue weighted by molar-refractivity contribution is 7.99. The van der Waals surface area contributed by atoms with E-state index < -0.39 is 11.8 Å². The van der Waals surface area contributed by atoms with Crippen molar-refractivity contribution in [3.05, 3.63) is 23.5 Å². The van der Waals surface area contributed by atoms with Crippen LogP contribution in [0.15, 0.2) is 17.0 Å². The number of hydrogen-bond donors (Lipinski definition) is 1. The summed E-state index contributed by atoms with van der Waals surface area (Å²) in [6, 6.07) is 2.62. The molecule has 0 spiro atoms. The number of carbonyl (C=O) groups is 1. The Morgan fingerprint density at radius 1 is 1.53 bits per heavy atom. The van der Waals surface area contributed by atoms with Crippen LogP contribution in [0.3, 0.4) is 0 Å². The molecule has 0 bridgehead atoms. The van der Waals surface area contributed by atoms with Gasteiger partial charge in [-0.15, -0.1) is 11.8 Å². The van der Waals surface area contributed by atoms with Gasteiger partial charge in [0.1, 0.15) is 5.82 Å². The van der Waals surface area contributed by atoms with Gasteiger partial charge in [-0.2, -0.15) is 0 Å². The van der Waals surface area contributed by atoms with E-state index in [1.54, 1.807) is 0 Å². The largest absolute Gasteiger partial charge is 0.465 e. The van der Waals surface area contributed by atoms with E-state index in [-0.39, 0.29) is 11.3 Å². The standard InChI is InChI=1S/C12H16FNO2S/c1-3-4-5-17-11-6-8(12(15)16-2)10(14)7-9(11)13/h6-7H,3-5,14H2,1-2H3. The summed E-state index contributed by atoms with van der Waals surface area (Å²) in [5, 5.41) is 0. The SMILES string of the molecule is CCCCSc1cc(C(=O)OC)c(N)cc1F. The number of halogens is 1. The molecule has 1 rings (SSSR count). The van der Waals surface area contributed by atoms with Crippen LogP contribution in [0.5, 0.6) is 0 Å². The summed E-state index contributed by atoms with van der Waals surface area (Å²) < 4.78 is 18.2. The molecular formula is C12H16FNO2S. The van der Waals surface area contributed by atoms with Gasteiger partial charge in [0, 0.05) is 10.6 Å². The Hall–Kier alpha value is -1.23. The van der Waals surface area contributed by atoms with Gasteiger partial charge >= 0.3 is 5.97 Å². The molecule has 5 heteroatoms. The summed E-state index contributed by atoms with van der Waals surface area (Å²) in [7, 11) is 1.27. The van der Waals surface area contributed by atoms with Crippen LogP contribution < -0.4 is 5.73 Å². The highest BCUT2D eigenvalue weighted by Crippen LogP contribution is 2.27. The lowest BCUT2D eigenvalue weighted by Gasteiger charge is -2.08. The molecule has 3 nitrogen and oxygen atoms in total. The molecule has 1 aromatic carbocycles. The van der Waals surface area contributed by atoms with Crippen LogP contribution in [0.2, 0.25) is 0 Å². The smallest absolute Gasteiger partial charge is 0.339 e. The Balaban J connectivity index is 2.93. The molecule has 0 atom stereocenters. The summed E-state index contributed by atoms with van der Waals surface area (Å²) in [5.74, 6) is -0.117. The number of nitrogen functional groups attached to an aromatic ring is 1. The molecule has 0 radical (unpaired) electrons. The Kier molecular flexibility index (Phi) is 5.28. The van der Waals surface area contributed by atoms with Gasteiger partial charge in [-0.25, -0.2) is 9.18 Å². The summed E-state index contributed by atoms with van der Waals surface area (Å²) in [5.41, 5.74) is 5.89. The maximum Gasteiger partial charge on any atom is 0.339 e. The number of unbranched alkanes of at least 4 members (excludes halogenated alkanes) is 1. The molecule has 0 saturated heterocycles. The highest BCUT2D eigenvalue weighted by atomic mass is 32.2. The Bertz CT molecular complexity index is 410. The zero-order chi connectivity index (χ0) is 12.8. The topological polar surface area (TPSA) is 52.3 Å². The van der Waals surface area contributed by atoms with Gasteiger partial charge in [-0.3, -0.25) is 0 Å². The van der Waals surface area contributed by atoms with Crippen molar-refractivity contribution in [3.63, 3.8) is 0 Å². The molecule has 0 aliphatic carbocycles. The Morgan fingerprint density at radius 2 is 2.24 bits per heavy atom. The number of benzene rings is 1. The van der Waals surface area contributed by atoms with Gasteiger partial charge in [-0.1, -0.05) is 13.3 Å². The first-order valence-electron chi connectivity index (χ1n) is 5.40. The van der Waals surface area contributed by atoms with Crippen LogP contribution in [0.25, 0.3) is 0 Å². The minimum atomic E-state index is -0.542. The van der Waals surface area contributed by atoms with Crippen LogP contribution in [0.1, 0.15) is 30.1 Å². The van der Waals surface area contributed by atoms with Gasteiger partial charge in [0.25, 0.3) is 0 Å². The van der Waals surface area contributed by atoms with E-state index in [4.69, 9.17) is 5.73 Å². The van der Waals surface area contributed by atoms with Crippen molar-refractivity contribution in [2.45, 2.75) is 24.7 Å². The number of thioether (sulfide) groups is 1. The van der Waals surface area contributed by atoms with Crippen molar-refractivity contribution in [3.8, 4) is 0 Å². The molecule has 0 heterocycles. The predicted octanol–water partition coefficient (Wildman–Crippen LogP) is 3.09. The molecule has 2 N–H and O–H groups in total. The van der Waals surface area contributed by atoms with Crippen molar-refractivity contribution in [2.75, 3.05) is 18.6 Å². The lowest BCUT2D eigenvalue weighted by atomic mass is 10.2. The molecular weight excluding hydrogens is 241 g/mol. The molecule has 1 aromatic rings. The molecule has 0 saturated carbocycles. The van der Waals surface area contributed by atoms with Crippen molar-refractivity contribution >= 4 is 23.4 Å². The van der Waals surface area contributed by atoms with Crippen LogP contribution >= 0.6 is 11.8 Å². The fraction of sp³-hybridized carbons (Fsp3) is 0.417. The van der Waals surface area contributed by atoms with E-state index in [0.717, 1.165) is 18.6 Å². The third-order valence-electron chi connectivity index (χ3n) is 2.26. The summed E-state index contributed by atoms with van der Waals surface area (Å²) in [6.45, 7) is 2.07. The minimum Gasteiger partial charge on any atom is -0.465 e. The fourth-order valence-electron chi connectivity index (χ4n) is 1.29. The number of ether oxygens (including phenoxy) is 1. The molecule has 0 aromatic heterocycles. The zero-order valence-corrected chi connectivity index (χ0v) is 10.8. The number of hydrogen-bond acceptors (Lipinski definition) is 4. The Labute approximate surface area is 105 Å². The first-order valence-corrected chi connectivity index (χ1v) is 6.38. The summed E-state index contributed by atoms with van der Waals surface area (Å²) in [4.78, 5) is 11.8. The molecule has 0 fully saturated rings. The zero-order valence-electron chi connectivity index (χ0n) is 9.96. The maximum atomic E-state index is 13.6. The van der Waals surface area contributed by atoms with E-state index >= 15 is 0 Å². The quantitative estimate of drug-likeness (QED) is 0.381. The predicted molar refractivity (Wildman–Crippen MR) is 67.8 cm³/mol. The normalized spacial score (nSPS) is 10.3. The van der Waals surface area contributed by atoms with Gasteiger partial charge in [0.2, 0.25) is 0 Å². The van der Waals surface area contributed by atoms with Crippen LogP contribution in [0.4, 0.5) is 10.1 Å². The average Bonchev–Trinajstić information content (AvgIpc) is 2.31. The monoisotopic (exact) mass is 257 g/mol. The van der Waals surface area contributed by atoms with Crippen molar-refractivity contribution < 1.29 is 13.9 Å². The van der Waals surface area contributed by atoms with Gasteiger partial charge in [0.05, 0.1) is 12.7 Å². The van der Waals surface area contributed by atoms with Gasteiger partial charge < -0.3 is 10.5 Å². The Morgan fingerprint density at radius 3 is 2.82 bits per heavy atom.